The van der Waals surface area contributed by atoms with Gasteiger partial charge in [0.05, 0.1) is 12.3 Å². The van der Waals surface area contributed by atoms with Crippen LogP contribution >= 0.6 is 0 Å². The number of aromatic nitrogens is 1. The standard InChI is InChI=1S/C19H25NO2/c1-4-14-7-6-8-15-16-10-12-22-19(5-2,11-9-13(3)21)18(16)20-17(14)15/h6-8,20H,4-5,9-12H2,1-3H3. The van der Waals surface area contributed by atoms with Crippen LogP contribution in [0, 0.1) is 0 Å². The van der Waals surface area contributed by atoms with Crippen molar-refractivity contribution < 1.29 is 9.53 Å². The fourth-order valence-corrected chi connectivity index (χ4v) is 3.73. The minimum Gasteiger partial charge on any atom is -0.368 e. The van der Waals surface area contributed by atoms with E-state index in [1.54, 1.807) is 6.92 Å². The molecule has 1 atom stereocenters. The fraction of sp³-hybridized carbons (Fsp3) is 0.526. The third-order valence-corrected chi connectivity index (χ3v) is 5.05. The van der Waals surface area contributed by atoms with Crippen LogP contribution in [-0.2, 0) is 28.0 Å². The molecule has 0 amide bonds. The van der Waals surface area contributed by atoms with Crippen LogP contribution in [0.1, 0.15) is 56.9 Å². The predicted molar refractivity (Wildman–Crippen MR) is 89.2 cm³/mol. The summed E-state index contributed by atoms with van der Waals surface area (Å²) in [5.74, 6) is 0.230. The summed E-state index contributed by atoms with van der Waals surface area (Å²) in [4.78, 5) is 15.1. The summed E-state index contributed by atoms with van der Waals surface area (Å²) >= 11 is 0. The Morgan fingerprint density at radius 1 is 1.36 bits per heavy atom. The zero-order valence-corrected chi connectivity index (χ0v) is 13.8. The topological polar surface area (TPSA) is 42.1 Å². The summed E-state index contributed by atoms with van der Waals surface area (Å²) < 4.78 is 6.21. The predicted octanol–water partition coefficient (Wildman–Crippen LogP) is 4.28. The molecule has 1 aromatic heterocycles. The molecule has 0 radical (unpaired) electrons. The Labute approximate surface area is 132 Å². The first-order valence-corrected chi connectivity index (χ1v) is 8.37. The zero-order chi connectivity index (χ0) is 15.7. The van der Waals surface area contributed by atoms with E-state index in [0.29, 0.717) is 6.42 Å². The first-order chi connectivity index (χ1) is 10.6. The van der Waals surface area contributed by atoms with Gasteiger partial charge in [0.2, 0.25) is 0 Å². The number of ether oxygens (including phenoxy) is 1. The molecule has 1 aromatic carbocycles. The first kappa shape index (κ1) is 15.3. The highest BCUT2D eigenvalue weighted by molar-refractivity contribution is 5.88. The van der Waals surface area contributed by atoms with Crippen molar-refractivity contribution in [1.29, 1.82) is 0 Å². The molecule has 118 valence electrons. The molecule has 3 rings (SSSR count). The average molecular weight is 299 g/mol. The summed E-state index contributed by atoms with van der Waals surface area (Å²) in [5.41, 5.74) is 4.87. The second-order valence-electron chi connectivity index (χ2n) is 6.32. The van der Waals surface area contributed by atoms with E-state index < -0.39 is 0 Å². The maximum absolute atomic E-state index is 11.5. The largest absolute Gasteiger partial charge is 0.368 e. The van der Waals surface area contributed by atoms with Crippen LogP contribution in [0.25, 0.3) is 10.9 Å². The number of hydrogen-bond acceptors (Lipinski definition) is 2. The average Bonchev–Trinajstić information content (AvgIpc) is 2.92. The van der Waals surface area contributed by atoms with Crippen LogP contribution in [0.2, 0.25) is 0 Å². The molecule has 1 N–H and O–H groups in total. The van der Waals surface area contributed by atoms with Gasteiger partial charge >= 0.3 is 0 Å². The molecule has 0 aliphatic carbocycles. The van der Waals surface area contributed by atoms with Gasteiger partial charge in [0.15, 0.2) is 0 Å². The summed E-state index contributed by atoms with van der Waals surface area (Å²) in [6.45, 7) is 6.74. The van der Waals surface area contributed by atoms with Crippen LogP contribution in [0.3, 0.4) is 0 Å². The normalized spacial score (nSPS) is 21.0. The molecule has 3 nitrogen and oxygen atoms in total. The van der Waals surface area contributed by atoms with Gasteiger partial charge in [0.25, 0.3) is 0 Å². The Hall–Kier alpha value is -1.61. The van der Waals surface area contributed by atoms with Gasteiger partial charge in [-0.2, -0.15) is 0 Å². The molecular formula is C19H25NO2. The van der Waals surface area contributed by atoms with E-state index >= 15 is 0 Å². The Balaban J connectivity index is 2.14. The molecule has 0 fully saturated rings. The molecule has 1 aliphatic heterocycles. The van der Waals surface area contributed by atoms with E-state index in [9.17, 15) is 4.79 Å². The molecule has 0 spiro atoms. The van der Waals surface area contributed by atoms with Gasteiger partial charge in [-0.05, 0) is 43.7 Å². The van der Waals surface area contributed by atoms with Crippen LogP contribution < -0.4 is 0 Å². The lowest BCUT2D eigenvalue weighted by molar-refractivity contribution is -0.120. The van der Waals surface area contributed by atoms with Gasteiger partial charge in [-0.15, -0.1) is 0 Å². The SMILES string of the molecule is CCc1cccc2c3c([nH]c12)C(CC)(CCC(C)=O)OCC3. The molecule has 0 saturated heterocycles. The number of para-hydroxylation sites is 1. The molecule has 1 unspecified atom stereocenters. The third kappa shape index (κ3) is 2.38. The van der Waals surface area contributed by atoms with Crippen molar-refractivity contribution in [3.8, 4) is 0 Å². The van der Waals surface area contributed by atoms with Gasteiger partial charge in [0.1, 0.15) is 11.4 Å². The van der Waals surface area contributed by atoms with E-state index in [1.807, 2.05) is 0 Å². The van der Waals surface area contributed by atoms with E-state index in [0.717, 1.165) is 32.3 Å². The second-order valence-corrected chi connectivity index (χ2v) is 6.32. The van der Waals surface area contributed by atoms with Crippen molar-refractivity contribution in [2.24, 2.45) is 0 Å². The summed E-state index contributed by atoms with van der Waals surface area (Å²) in [6, 6.07) is 6.54. The number of H-pyrrole nitrogens is 1. The van der Waals surface area contributed by atoms with Gasteiger partial charge in [0, 0.05) is 17.3 Å². The maximum atomic E-state index is 11.5. The highest BCUT2D eigenvalue weighted by Gasteiger charge is 2.38. The number of nitrogens with one attached hydrogen (secondary N) is 1. The maximum Gasteiger partial charge on any atom is 0.129 e. The smallest absolute Gasteiger partial charge is 0.129 e. The number of aryl methyl sites for hydroxylation is 1. The van der Waals surface area contributed by atoms with E-state index in [4.69, 9.17) is 4.74 Å². The summed E-state index contributed by atoms with van der Waals surface area (Å²) in [7, 11) is 0. The molecule has 1 aliphatic rings. The number of carbonyl (C=O) groups excluding carboxylic acids is 1. The number of benzene rings is 1. The Kier molecular flexibility index (Phi) is 4.09. The number of aromatic amines is 1. The number of fused-ring (bicyclic) bond motifs is 3. The van der Waals surface area contributed by atoms with E-state index in [2.05, 4.69) is 37.0 Å². The van der Waals surface area contributed by atoms with Gasteiger partial charge in [-0.25, -0.2) is 0 Å². The number of carbonyl (C=O) groups is 1. The fourth-order valence-electron chi connectivity index (χ4n) is 3.73. The van der Waals surface area contributed by atoms with Gasteiger partial charge < -0.3 is 14.5 Å². The molecular weight excluding hydrogens is 274 g/mol. The lowest BCUT2D eigenvalue weighted by Crippen LogP contribution is -2.35. The second kappa shape index (κ2) is 5.88. The van der Waals surface area contributed by atoms with Crippen LogP contribution in [0.15, 0.2) is 18.2 Å². The minimum atomic E-state index is -0.330. The minimum absolute atomic E-state index is 0.230. The summed E-state index contributed by atoms with van der Waals surface area (Å²) in [5, 5.41) is 1.33. The molecule has 2 aromatic rings. The highest BCUT2D eigenvalue weighted by atomic mass is 16.5. The van der Waals surface area contributed by atoms with E-state index in [-0.39, 0.29) is 11.4 Å². The molecule has 22 heavy (non-hydrogen) atoms. The number of Topliss-reactive ketones (excluding diaryl/α,β-unsaturated/α-hetero) is 1. The van der Waals surface area contributed by atoms with Crippen molar-refractivity contribution in [3.63, 3.8) is 0 Å². The van der Waals surface area contributed by atoms with Crippen molar-refractivity contribution >= 4 is 16.7 Å². The molecule has 3 heteroatoms. The number of rotatable bonds is 5. The van der Waals surface area contributed by atoms with Crippen molar-refractivity contribution in [2.75, 3.05) is 6.61 Å². The van der Waals surface area contributed by atoms with E-state index in [1.165, 1.54) is 27.7 Å². The van der Waals surface area contributed by atoms with Crippen LogP contribution in [0.5, 0.6) is 0 Å². The Bertz CT molecular complexity index is 701. The lowest BCUT2D eigenvalue weighted by atomic mass is 9.84. The first-order valence-electron chi connectivity index (χ1n) is 8.37. The monoisotopic (exact) mass is 299 g/mol. The lowest BCUT2D eigenvalue weighted by Gasteiger charge is -2.36. The van der Waals surface area contributed by atoms with Gasteiger partial charge in [-0.3, -0.25) is 0 Å². The van der Waals surface area contributed by atoms with Crippen LogP contribution in [0.4, 0.5) is 0 Å². The number of ketones is 1. The summed E-state index contributed by atoms with van der Waals surface area (Å²) in [6.07, 6.45) is 4.19. The molecule has 0 saturated carbocycles. The Morgan fingerprint density at radius 3 is 2.86 bits per heavy atom. The Morgan fingerprint density at radius 2 is 2.18 bits per heavy atom. The number of hydrogen-bond donors (Lipinski definition) is 1. The van der Waals surface area contributed by atoms with Crippen molar-refractivity contribution in [1.82, 2.24) is 4.98 Å². The quantitative estimate of drug-likeness (QED) is 0.895. The van der Waals surface area contributed by atoms with Crippen molar-refractivity contribution in [2.45, 2.75) is 58.5 Å². The highest BCUT2D eigenvalue weighted by Crippen LogP contribution is 2.42. The zero-order valence-electron chi connectivity index (χ0n) is 13.8. The molecule has 0 bridgehead atoms. The molecule has 2 heterocycles. The van der Waals surface area contributed by atoms with Gasteiger partial charge in [-0.1, -0.05) is 32.0 Å². The third-order valence-electron chi connectivity index (χ3n) is 5.05. The van der Waals surface area contributed by atoms with Crippen LogP contribution in [-0.4, -0.2) is 17.4 Å². The van der Waals surface area contributed by atoms with Crippen molar-refractivity contribution in [3.05, 3.63) is 35.0 Å².